The normalized spacial score (nSPS) is 9.40. The number of rotatable bonds is 3. The number of benzene rings is 1. The number of halogens is 1. The molecule has 0 spiro atoms. The number of para-hydroxylation sites is 1. The van der Waals surface area contributed by atoms with Crippen molar-refractivity contribution in [3.8, 4) is 0 Å². The van der Waals surface area contributed by atoms with Gasteiger partial charge in [-0.15, -0.1) is 12.4 Å². The van der Waals surface area contributed by atoms with Gasteiger partial charge in [0.05, 0.1) is 0 Å². The van der Waals surface area contributed by atoms with Crippen molar-refractivity contribution >= 4 is 28.2 Å². The molecule has 4 nitrogen and oxygen atoms in total. The molecule has 0 atom stereocenters. The molecule has 0 aliphatic carbocycles. The summed E-state index contributed by atoms with van der Waals surface area (Å²) >= 11 is 0. The maximum absolute atomic E-state index is 10.4. The van der Waals surface area contributed by atoms with Gasteiger partial charge in [0.2, 0.25) is 0 Å². The van der Waals surface area contributed by atoms with Crippen LogP contribution in [-0.2, 0) is 10.1 Å². The van der Waals surface area contributed by atoms with Gasteiger partial charge in [0.1, 0.15) is 15.1 Å². The summed E-state index contributed by atoms with van der Waals surface area (Å²) in [5.41, 5.74) is 0.520. The van der Waals surface area contributed by atoms with E-state index in [4.69, 9.17) is 0 Å². The van der Waals surface area contributed by atoms with Crippen LogP contribution in [0.15, 0.2) is 41.9 Å². The second-order valence-electron chi connectivity index (χ2n) is 2.37. The van der Waals surface area contributed by atoms with Crippen LogP contribution >= 0.6 is 12.4 Å². The third-order valence-corrected chi connectivity index (χ3v) is 2.06. The van der Waals surface area contributed by atoms with Gasteiger partial charge in [-0.05, 0) is 12.1 Å². The predicted molar refractivity (Wildman–Crippen MR) is 56.1 cm³/mol. The molecule has 0 aliphatic rings. The first-order chi connectivity index (χ1) is 6.00. The molecule has 0 fully saturated rings. The van der Waals surface area contributed by atoms with Crippen molar-refractivity contribution in [3.63, 3.8) is 0 Å². The second kappa shape index (κ2) is 7.27. The van der Waals surface area contributed by atoms with Crippen molar-refractivity contribution in [3.05, 3.63) is 41.9 Å². The fraction of sp³-hybridized carbons (Fsp3) is 0. The van der Waals surface area contributed by atoms with E-state index in [1.165, 1.54) is 0 Å². The largest absolute Gasteiger partial charge is 1.00 e. The van der Waals surface area contributed by atoms with Crippen LogP contribution in [0.2, 0.25) is 0 Å². The average Bonchev–Trinajstić information content (AvgIpc) is 2.04. The molecule has 78 valence electrons. The van der Waals surface area contributed by atoms with E-state index < -0.39 is 15.1 Å². The van der Waals surface area contributed by atoms with Crippen LogP contribution in [0.4, 0.5) is 5.69 Å². The van der Waals surface area contributed by atoms with Crippen LogP contribution in [0, 0.1) is 0 Å². The molecule has 0 bridgehead atoms. The molecule has 0 saturated heterocycles. The van der Waals surface area contributed by atoms with Crippen molar-refractivity contribution in [1.29, 1.82) is 0 Å². The molecule has 15 heavy (non-hydrogen) atoms. The molecule has 0 aromatic heterocycles. The van der Waals surface area contributed by atoms with Crippen LogP contribution in [0.25, 0.3) is 0 Å². The van der Waals surface area contributed by atoms with Gasteiger partial charge in [0.25, 0.3) is 0 Å². The van der Waals surface area contributed by atoms with E-state index in [0.717, 1.165) is 0 Å². The Morgan fingerprint density at radius 1 is 1.27 bits per heavy atom. The molecule has 0 aliphatic heterocycles. The maximum atomic E-state index is 10.4. The van der Waals surface area contributed by atoms with Crippen LogP contribution in [0.1, 0.15) is 0 Å². The molecule has 1 rings (SSSR count). The standard InChI is InChI=1S/C8H9NO3S.ClH.Na/c1-7(13(10,11)12)9-8-5-3-2-4-6-8;;/h2-6,9H,1H2,(H,10,11,12);1H;/q;;+1/p-1. The monoisotopic (exact) mass is 257 g/mol. The van der Waals surface area contributed by atoms with Crippen LogP contribution in [-0.4, -0.2) is 13.0 Å². The first-order valence-electron chi connectivity index (χ1n) is 3.47. The minimum Gasteiger partial charge on any atom is -0.743 e. The van der Waals surface area contributed by atoms with Crippen molar-refractivity contribution in [2.24, 2.45) is 0 Å². The zero-order valence-electron chi connectivity index (χ0n) is 8.14. The van der Waals surface area contributed by atoms with E-state index in [1.807, 2.05) is 0 Å². The summed E-state index contributed by atoms with van der Waals surface area (Å²) in [5, 5.41) is 1.84. The summed E-state index contributed by atoms with van der Waals surface area (Å²) in [6.07, 6.45) is 0. The maximum Gasteiger partial charge on any atom is 1.00 e. The van der Waals surface area contributed by atoms with E-state index in [2.05, 4.69) is 11.9 Å². The first kappa shape index (κ1) is 17.4. The molecule has 1 N–H and O–H groups in total. The van der Waals surface area contributed by atoms with E-state index in [0.29, 0.717) is 5.69 Å². The second-order valence-corrected chi connectivity index (χ2v) is 3.77. The summed E-state index contributed by atoms with van der Waals surface area (Å²) in [5.74, 6) is 0. The molecule has 7 heteroatoms. The van der Waals surface area contributed by atoms with Crippen LogP contribution in [0.5, 0.6) is 0 Å². The summed E-state index contributed by atoms with van der Waals surface area (Å²) in [4.78, 5) is 0. The molecular weight excluding hydrogens is 249 g/mol. The van der Waals surface area contributed by atoms with Gasteiger partial charge in [-0.3, -0.25) is 0 Å². The SMILES string of the molecule is C=C(Nc1ccccc1)S(=O)(=O)[O-].Cl.[Na+]. The third kappa shape index (κ3) is 6.19. The van der Waals surface area contributed by atoms with E-state index in [1.54, 1.807) is 30.3 Å². The molecule has 0 unspecified atom stereocenters. The first-order valence-corrected chi connectivity index (χ1v) is 4.88. The number of hydrogen-bond acceptors (Lipinski definition) is 4. The smallest absolute Gasteiger partial charge is 0.743 e. The van der Waals surface area contributed by atoms with Gasteiger partial charge in [0, 0.05) is 5.69 Å². The Hall–Kier alpha value is -0.0400. The van der Waals surface area contributed by atoms with Crippen molar-refractivity contribution in [2.75, 3.05) is 5.32 Å². The zero-order chi connectivity index (χ0) is 9.90. The minimum absolute atomic E-state index is 0. The van der Waals surface area contributed by atoms with E-state index in [-0.39, 0.29) is 42.0 Å². The van der Waals surface area contributed by atoms with Crippen LogP contribution < -0.4 is 34.9 Å². The summed E-state index contributed by atoms with van der Waals surface area (Å²) in [6, 6.07) is 8.48. The van der Waals surface area contributed by atoms with Crippen molar-refractivity contribution in [1.82, 2.24) is 0 Å². The topological polar surface area (TPSA) is 69.2 Å². The predicted octanol–water partition coefficient (Wildman–Crippen LogP) is -1.46. The number of nitrogens with one attached hydrogen (secondary N) is 1. The van der Waals surface area contributed by atoms with Gasteiger partial charge in [-0.1, -0.05) is 24.8 Å². The third-order valence-electron chi connectivity index (χ3n) is 1.36. The van der Waals surface area contributed by atoms with Gasteiger partial charge in [-0.2, -0.15) is 0 Å². The van der Waals surface area contributed by atoms with E-state index >= 15 is 0 Å². The fourth-order valence-corrected chi connectivity index (χ4v) is 0.988. The molecule has 0 radical (unpaired) electrons. The van der Waals surface area contributed by atoms with Gasteiger partial charge < -0.3 is 9.87 Å². The number of hydrogen-bond donors (Lipinski definition) is 1. The van der Waals surface area contributed by atoms with Crippen molar-refractivity contribution in [2.45, 2.75) is 0 Å². The zero-order valence-corrected chi connectivity index (χ0v) is 11.8. The Bertz CT molecular complexity index is 407. The van der Waals surface area contributed by atoms with Gasteiger partial charge in [-0.25, -0.2) is 8.42 Å². The van der Waals surface area contributed by atoms with E-state index in [9.17, 15) is 13.0 Å². The molecule has 0 heterocycles. The quantitative estimate of drug-likeness (QED) is 0.531. The molecule has 0 saturated carbocycles. The molecule has 0 amide bonds. The molecular formula is C8H9ClNNaO3S. The fourth-order valence-electron chi connectivity index (χ4n) is 0.745. The minimum atomic E-state index is -4.46. The summed E-state index contributed by atoms with van der Waals surface area (Å²) in [7, 11) is -4.46. The summed E-state index contributed by atoms with van der Waals surface area (Å²) < 4.78 is 31.3. The number of anilines is 1. The van der Waals surface area contributed by atoms with Crippen molar-refractivity contribution < 1.29 is 42.5 Å². The Morgan fingerprint density at radius 3 is 2.13 bits per heavy atom. The van der Waals surface area contributed by atoms with Crippen LogP contribution in [0.3, 0.4) is 0 Å². The summed E-state index contributed by atoms with van der Waals surface area (Å²) in [6.45, 7) is 3.11. The van der Waals surface area contributed by atoms with Gasteiger partial charge in [0.15, 0.2) is 0 Å². The Kier molecular flexibility index (Phi) is 8.41. The van der Waals surface area contributed by atoms with Gasteiger partial charge >= 0.3 is 29.6 Å². The average molecular weight is 258 g/mol. The molecule has 1 aromatic carbocycles. The Morgan fingerprint density at radius 2 is 1.73 bits per heavy atom. The Labute approximate surface area is 117 Å². The molecule has 1 aromatic rings. The Balaban J connectivity index is 0.